The molecule has 0 fully saturated rings. The Morgan fingerprint density at radius 3 is 2.14 bits per heavy atom. The summed E-state index contributed by atoms with van der Waals surface area (Å²) in [6.07, 6.45) is 3.28. The number of carbonyl (C=O) groups excluding carboxylic acids is 3. The lowest BCUT2D eigenvalue weighted by molar-refractivity contribution is -0.116. The number of nitrogens with zero attached hydrogens (tertiary/aromatic N) is 1. The number of hydrogen-bond donors (Lipinski definition) is 3. The van der Waals surface area contributed by atoms with E-state index in [1.165, 1.54) is 11.8 Å². The van der Waals surface area contributed by atoms with Crippen molar-refractivity contribution in [2.75, 3.05) is 10.6 Å². The SMILES string of the molecule is Cc1cccc(/C=C(\NC(=O)c2ccccc2)C(=O)Nc2ccc(SC(C(=O)Nc3ccccn3)c3ccccc3)cc2)c1. The van der Waals surface area contributed by atoms with E-state index in [0.717, 1.165) is 21.6 Å². The normalized spacial score (nSPS) is 11.7. The highest BCUT2D eigenvalue weighted by atomic mass is 32.2. The number of carbonyl (C=O) groups is 3. The van der Waals surface area contributed by atoms with E-state index in [1.807, 2.05) is 85.8 Å². The number of pyridine rings is 1. The van der Waals surface area contributed by atoms with Crippen molar-refractivity contribution in [1.82, 2.24) is 10.3 Å². The number of amides is 3. The third-order valence-corrected chi connectivity index (χ3v) is 7.77. The van der Waals surface area contributed by atoms with Gasteiger partial charge in [0.15, 0.2) is 0 Å². The minimum absolute atomic E-state index is 0.109. The number of aryl methyl sites for hydroxylation is 1. The molecule has 0 aliphatic heterocycles. The number of benzene rings is 4. The lowest BCUT2D eigenvalue weighted by Gasteiger charge is -2.17. The molecule has 5 rings (SSSR count). The second-order valence-corrected chi connectivity index (χ2v) is 11.1. The maximum absolute atomic E-state index is 13.4. The van der Waals surface area contributed by atoms with E-state index in [1.54, 1.807) is 60.8 Å². The van der Waals surface area contributed by atoms with Gasteiger partial charge in [0.2, 0.25) is 5.91 Å². The second kappa shape index (κ2) is 14.6. The van der Waals surface area contributed by atoms with Gasteiger partial charge in [0.25, 0.3) is 11.8 Å². The zero-order valence-corrected chi connectivity index (χ0v) is 24.8. The van der Waals surface area contributed by atoms with Gasteiger partial charge in [0.05, 0.1) is 0 Å². The summed E-state index contributed by atoms with van der Waals surface area (Å²) >= 11 is 1.39. The summed E-state index contributed by atoms with van der Waals surface area (Å²) in [5.41, 5.74) is 3.76. The van der Waals surface area contributed by atoms with Crippen molar-refractivity contribution in [1.29, 1.82) is 0 Å². The minimum Gasteiger partial charge on any atom is -0.321 e. The summed E-state index contributed by atoms with van der Waals surface area (Å²) < 4.78 is 0. The average molecular weight is 599 g/mol. The first-order chi connectivity index (χ1) is 21.4. The molecule has 5 aromatic rings. The molecule has 4 aromatic carbocycles. The van der Waals surface area contributed by atoms with Crippen LogP contribution in [0, 0.1) is 6.92 Å². The van der Waals surface area contributed by atoms with E-state index in [0.29, 0.717) is 17.1 Å². The number of hydrogen-bond acceptors (Lipinski definition) is 5. The van der Waals surface area contributed by atoms with Crippen LogP contribution < -0.4 is 16.0 Å². The molecule has 1 atom stereocenters. The van der Waals surface area contributed by atoms with Gasteiger partial charge < -0.3 is 16.0 Å². The largest absolute Gasteiger partial charge is 0.321 e. The number of nitrogens with one attached hydrogen (secondary N) is 3. The molecule has 0 spiro atoms. The molecule has 0 bridgehead atoms. The van der Waals surface area contributed by atoms with Gasteiger partial charge in [-0.25, -0.2) is 4.98 Å². The van der Waals surface area contributed by atoms with Crippen LogP contribution in [0.2, 0.25) is 0 Å². The van der Waals surface area contributed by atoms with E-state index >= 15 is 0 Å². The monoisotopic (exact) mass is 598 g/mol. The lowest BCUT2D eigenvalue weighted by Crippen LogP contribution is -2.30. The molecular formula is C36H30N4O3S. The summed E-state index contributed by atoms with van der Waals surface area (Å²) in [5, 5.41) is 8.01. The van der Waals surface area contributed by atoms with Crippen LogP contribution in [0.1, 0.15) is 32.3 Å². The smallest absolute Gasteiger partial charge is 0.272 e. The fourth-order valence-corrected chi connectivity index (χ4v) is 5.37. The van der Waals surface area contributed by atoms with Crippen molar-refractivity contribution >= 4 is 47.1 Å². The molecule has 1 aromatic heterocycles. The van der Waals surface area contributed by atoms with Crippen molar-refractivity contribution in [2.24, 2.45) is 0 Å². The van der Waals surface area contributed by atoms with Gasteiger partial charge in [-0.3, -0.25) is 14.4 Å². The quantitative estimate of drug-likeness (QED) is 0.116. The van der Waals surface area contributed by atoms with Crippen LogP contribution in [0.15, 0.2) is 144 Å². The number of rotatable bonds is 10. The van der Waals surface area contributed by atoms with Crippen molar-refractivity contribution < 1.29 is 14.4 Å². The van der Waals surface area contributed by atoms with Crippen molar-refractivity contribution in [3.8, 4) is 0 Å². The third-order valence-electron chi connectivity index (χ3n) is 6.50. The van der Waals surface area contributed by atoms with Crippen LogP contribution in [0.3, 0.4) is 0 Å². The van der Waals surface area contributed by atoms with Gasteiger partial charge in [-0.15, -0.1) is 11.8 Å². The van der Waals surface area contributed by atoms with Crippen LogP contribution >= 0.6 is 11.8 Å². The molecule has 0 saturated heterocycles. The standard InChI is InChI=1S/C36H30N4O3S/c1-25-11-10-12-26(23-25)24-31(39-34(41)28-15-6-3-7-16-28)35(42)38-29-18-20-30(21-19-29)44-33(27-13-4-2-5-14-27)36(43)40-32-17-8-9-22-37-32/h2-24,33H,1H3,(H,38,42)(H,39,41)(H,37,40,43)/b31-24-. The predicted molar refractivity (Wildman–Crippen MR) is 176 cm³/mol. The molecule has 1 heterocycles. The first-order valence-electron chi connectivity index (χ1n) is 13.9. The fraction of sp³-hybridized carbons (Fsp3) is 0.0556. The second-order valence-electron chi connectivity index (χ2n) is 9.88. The Labute approximate surface area is 260 Å². The Kier molecular flexibility index (Phi) is 9.97. The van der Waals surface area contributed by atoms with E-state index in [4.69, 9.17) is 0 Å². The fourth-order valence-electron chi connectivity index (χ4n) is 4.35. The van der Waals surface area contributed by atoms with Crippen molar-refractivity contribution in [2.45, 2.75) is 17.1 Å². The zero-order valence-electron chi connectivity index (χ0n) is 23.9. The molecule has 0 aliphatic carbocycles. The van der Waals surface area contributed by atoms with Gasteiger partial charge in [-0.1, -0.05) is 84.4 Å². The Morgan fingerprint density at radius 1 is 0.750 bits per heavy atom. The molecule has 7 nitrogen and oxygen atoms in total. The highest BCUT2D eigenvalue weighted by molar-refractivity contribution is 8.00. The third kappa shape index (κ3) is 8.30. The minimum atomic E-state index is -0.532. The molecule has 44 heavy (non-hydrogen) atoms. The molecule has 0 aliphatic rings. The Hall–Kier alpha value is -5.47. The van der Waals surface area contributed by atoms with Crippen LogP contribution in [-0.2, 0) is 9.59 Å². The Balaban J connectivity index is 1.32. The first kappa shape index (κ1) is 30.0. The summed E-state index contributed by atoms with van der Waals surface area (Å²) in [6.45, 7) is 1.96. The number of thioether (sulfide) groups is 1. The topological polar surface area (TPSA) is 100 Å². The summed E-state index contributed by atoms with van der Waals surface area (Å²) in [4.78, 5) is 44.7. The van der Waals surface area contributed by atoms with E-state index in [-0.39, 0.29) is 17.5 Å². The van der Waals surface area contributed by atoms with E-state index in [2.05, 4.69) is 20.9 Å². The first-order valence-corrected chi connectivity index (χ1v) is 14.8. The van der Waals surface area contributed by atoms with Crippen LogP contribution in [0.4, 0.5) is 11.5 Å². The molecule has 1 unspecified atom stereocenters. The van der Waals surface area contributed by atoms with Gasteiger partial charge in [-0.2, -0.15) is 0 Å². The highest BCUT2D eigenvalue weighted by Gasteiger charge is 2.23. The maximum atomic E-state index is 13.4. The molecule has 0 saturated carbocycles. The van der Waals surface area contributed by atoms with Gasteiger partial charge in [-0.05, 0) is 72.7 Å². The number of aromatic nitrogens is 1. The number of anilines is 2. The Bertz CT molecular complexity index is 1760. The summed E-state index contributed by atoms with van der Waals surface area (Å²) in [7, 11) is 0. The van der Waals surface area contributed by atoms with Gasteiger partial charge in [0, 0.05) is 22.3 Å². The van der Waals surface area contributed by atoms with Crippen molar-refractivity contribution in [3.63, 3.8) is 0 Å². The lowest BCUT2D eigenvalue weighted by atomic mass is 10.1. The van der Waals surface area contributed by atoms with Crippen LogP contribution in [0.5, 0.6) is 0 Å². The zero-order chi connectivity index (χ0) is 30.7. The van der Waals surface area contributed by atoms with Gasteiger partial charge >= 0.3 is 0 Å². The van der Waals surface area contributed by atoms with Gasteiger partial charge in [0.1, 0.15) is 16.8 Å². The average Bonchev–Trinajstić information content (AvgIpc) is 3.05. The molecule has 0 radical (unpaired) electrons. The highest BCUT2D eigenvalue weighted by Crippen LogP contribution is 2.36. The summed E-state index contributed by atoms with van der Waals surface area (Å²) in [6, 6.07) is 38.5. The molecule has 8 heteroatoms. The summed E-state index contributed by atoms with van der Waals surface area (Å²) in [5.74, 6) is -0.571. The predicted octanol–water partition coefficient (Wildman–Crippen LogP) is 7.27. The van der Waals surface area contributed by atoms with Crippen LogP contribution in [-0.4, -0.2) is 22.7 Å². The molecule has 3 N–H and O–H groups in total. The van der Waals surface area contributed by atoms with Crippen molar-refractivity contribution in [3.05, 3.63) is 162 Å². The Morgan fingerprint density at radius 2 is 1.45 bits per heavy atom. The van der Waals surface area contributed by atoms with E-state index < -0.39 is 11.2 Å². The van der Waals surface area contributed by atoms with Crippen LogP contribution in [0.25, 0.3) is 6.08 Å². The van der Waals surface area contributed by atoms with E-state index in [9.17, 15) is 14.4 Å². The molecule has 3 amide bonds. The molecular weight excluding hydrogens is 568 g/mol. The maximum Gasteiger partial charge on any atom is 0.272 e. The molecule has 218 valence electrons.